The first kappa shape index (κ1) is 29.1. The molecule has 198 valence electrons. The number of urea groups is 1. The van der Waals surface area contributed by atoms with Gasteiger partial charge in [-0.05, 0) is 55.0 Å². The molecule has 0 spiro atoms. The van der Waals surface area contributed by atoms with Gasteiger partial charge in [-0.25, -0.2) is 4.79 Å². The number of phenolic OH excluding ortho intramolecular Hbond substituents is 1. The number of nitrogens with two attached hydrogens (primary N) is 1. The average Bonchev–Trinajstić information content (AvgIpc) is 2.81. The van der Waals surface area contributed by atoms with Crippen molar-refractivity contribution >= 4 is 17.6 Å². The van der Waals surface area contributed by atoms with Gasteiger partial charge in [-0.15, -0.1) is 0 Å². The molecule has 0 saturated carbocycles. The highest BCUT2D eigenvalue weighted by molar-refractivity contribution is 5.89. The first-order valence-corrected chi connectivity index (χ1v) is 12.2. The van der Waals surface area contributed by atoms with Crippen molar-refractivity contribution in [3.05, 3.63) is 59.2 Å². The number of hydrogen-bond donors (Lipinski definition) is 7. The van der Waals surface area contributed by atoms with Crippen molar-refractivity contribution in [3.63, 3.8) is 0 Å². The highest BCUT2D eigenvalue weighted by Crippen LogP contribution is 2.27. The molecule has 0 bridgehead atoms. The van der Waals surface area contributed by atoms with E-state index >= 15 is 0 Å². The lowest BCUT2D eigenvalue weighted by Crippen LogP contribution is -2.43. The van der Waals surface area contributed by atoms with Crippen molar-refractivity contribution in [1.82, 2.24) is 10.6 Å². The number of hydrogen-bond acceptors (Lipinski definition) is 6. The summed E-state index contributed by atoms with van der Waals surface area (Å²) in [5, 5.41) is 38.7. The summed E-state index contributed by atoms with van der Waals surface area (Å²) in [7, 11) is 0. The molecule has 2 rings (SSSR count). The van der Waals surface area contributed by atoms with Crippen LogP contribution < -0.4 is 21.7 Å². The quantitative estimate of drug-likeness (QED) is 0.210. The molecule has 2 aromatic carbocycles. The molecule has 0 saturated heterocycles. The van der Waals surface area contributed by atoms with Crippen molar-refractivity contribution in [2.24, 2.45) is 11.7 Å². The second-order valence-corrected chi connectivity index (χ2v) is 9.96. The summed E-state index contributed by atoms with van der Waals surface area (Å²) in [6, 6.07) is 11.2. The van der Waals surface area contributed by atoms with E-state index in [1.165, 1.54) is 12.1 Å². The van der Waals surface area contributed by atoms with Gasteiger partial charge in [-0.3, -0.25) is 4.79 Å². The van der Waals surface area contributed by atoms with E-state index in [2.05, 4.69) is 16.0 Å². The van der Waals surface area contributed by atoms with Crippen molar-refractivity contribution in [1.29, 1.82) is 0 Å². The molecule has 0 aliphatic rings. The van der Waals surface area contributed by atoms with Gasteiger partial charge in [0.15, 0.2) is 0 Å². The maximum atomic E-state index is 12.5. The number of amides is 3. The minimum absolute atomic E-state index is 0.0837. The van der Waals surface area contributed by atoms with Crippen LogP contribution in [0.5, 0.6) is 5.75 Å². The predicted octanol–water partition coefficient (Wildman–Crippen LogP) is 2.59. The Morgan fingerprint density at radius 2 is 1.81 bits per heavy atom. The van der Waals surface area contributed by atoms with Crippen molar-refractivity contribution in [3.8, 4) is 5.75 Å². The molecule has 0 aromatic heterocycles. The van der Waals surface area contributed by atoms with E-state index in [0.29, 0.717) is 12.0 Å². The molecule has 0 aliphatic heterocycles. The highest BCUT2D eigenvalue weighted by Gasteiger charge is 2.21. The summed E-state index contributed by atoms with van der Waals surface area (Å²) in [5.41, 5.74) is 7.34. The molecule has 0 radical (unpaired) electrons. The molecule has 3 atom stereocenters. The first-order valence-electron chi connectivity index (χ1n) is 12.2. The minimum atomic E-state index is -0.877. The van der Waals surface area contributed by atoms with E-state index in [1.54, 1.807) is 6.07 Å². The van der Waals surface area contributed by atoms with Gasteiger partial charge in [-0.2, -0.15) is 0 Å². The number of aliphatic hydroxyl groups excluding tert-OH is 2. The molecule has 0 unspecified atom stereocenters. The van der Waals surface area contributed by atoms with E-state index in [4.69, 9.17) is 5.73 Å². The summed E-state index contributed by atoms with van der Waals surface area (Å²) in [4.78, 5) is 23.6. The van der Waals surface area contributed by atoms with Gasteiger partial charge in [0.1, 0.15) is 5.75 Å². The van der Waals surface area contributed by atoms with Gasteiger partial charge in [0.25, 0.3) is 0 Å². The standard InChI is InChI=1S/C27H40N4O5/c1-5-17(2)22(16-32)30-25(35)12-18-7-6-8-19(11-18)14-27(3,4)29-15-24(34)20-9-10-23(33)21(13-20)31-26(28)36/h6-11,13,17,22,24,29,32-34H,5,12,14-16H2,1-4H3,(H,30,35)(H3,28,31,36)/t17-,22+,24+/m0/s1. The molecule has 0 heterocycles. The largest absolute Gasteiger partial charge is 0.506 e. The molecular formula is C27H40N4O5. The monoisotopic (exact) mass is 500 g/mol. The lowest BCUT2D eigenvalue weighted by molar-refractivity contribution is -0.121. The summed E-state index contributed by atoms with van der Waals surface area (Å²) in [6.07, 6.45) is 0.885. The SMILES string of the molecule is CC[C@H](C)[C@@H](CO)NC(=O)Cc1cccc(CC(C)(C)NC[C@@H](O)c2ccc(O)c(NC(N)=O)c2)c1. The molecular weight excluding hydrogens is 460 g/mol. The lowest BCUT2D eigenvalue weighted by atomic mass is 9.93. The number of primary amides is 1. The van der Waals surface area contributed by atoms with Crippen LogP contribution in [0.2, 0.25) is 0 Å². The van der Waals surface area contributed by atoms with E-state index in [0.717, 1.165) is 17.5 Å². The molecule has 0 fully saturated rings. The number of carbonyl (C=O) groups excluding carboxylic acids is 2. The fourth-order valence-corrected chi connectivity index (χ4v) is 4.00. The van der Waals surface area contributed by atoms with Crippen LogP contribution in [0.25, 0.3) is 0 Å². The van der Waals surface area contributed by atoms with Crippen LogP contribution in [-0.4, -0.2) is 52.0 Å². The van der Waals surface area contributed by atoms with Crippen LogP contribution >= 0.6 is 0 Å². The third-order valence-electron chi connectivity index (χ3n) is 6.31. The van der Waals surface area contributed by atoms with Gasteiger partial charge in [0.2, 0.25) is 5.91 Å². The smallest absolute Gasteiger partial charge is 0.316 e. The number of β-amino-alcohol motifs (C(OH)–C–C–N with tert-alkyl or cyclic N) is 1. The van der Waals surface area contributed by atoms with Crippen LogP contribution in [0.3, 0.4) is 0 Å². The van der Waals surface area contributed by atoms with Crippen LogP contribution in [0, 0.1) is 5.92 Å². The van der Waals surface area contributed by atoms with Crippen LogP contribution in [0.15, 0.2) is 42.5 Å². The van der Waals surface area contributed by atoms with Gasteiger partial charge in [-0.1, -0.05) is 50.6 Å². The third-order valence-corrected chi connectivity index (χ3v) is 6.31. The second kappa shape index (κ2) is 13.2. The normalized spacial score (nSPS) is 14.1. The maximum Gasteiger partial charge on any atom is 0.316 e. The van der Waals surface area contributed by atoms with Gasteiger partial charge in [0.05, 0.1) is 30.9 Å². The Balaban J connectivity index is 1.97. The van der Waals surface area contributed by atoms with Crippen molar-refractivity contribution in [2.45, 2.75) is 64.6 Å². The predicted molar refractivity (Wildman–Crippen MR) is 141 cm³/mol. The Kier molecular flexibility index (Phi) is 10.7. The Morgan fingerprint density at radius 1 is 1.11 bits per heavy atom. The molecule has 8 N–H and O–H groups in total. The average molecular weight is 501 g/mol. The van der Waals surface area contributed by atoms with Gasteiger partial charge < -0.3 is 37.0 Å². The number of aromatic hydroxyl groups is 1. The number of rotatable bonds is 13. The first-order chi connectivity index (χ1) is 16.9. The van der Waals surface area contributed by atoms with E-state index in [-0.39, 0.29) is 54.4 Å². The summed E-state index contributed by atoms with van der Waals surface area (Å²) >= 11 is 0. The summed E-state index contributed by atoms with van der Waals surface area (Å²) in [5.74, 6) is -0.0652. The fraction of sp³-hybridized carbons (Fsp3) is 0.481. The molecule has 9 heteroatoms. The van der Waals surface area contributed by atoms with Gasteiger partial charge in [0, 0.05) is 12.1 Å². The molecule has 9 nitrogen and oxygen atoms in total. The summed E-state index contributed by atoms with van der Waals surface area (Å²) < 4.78 is 0. The van der Waals surface area contributed by atoms with Crippen LogP contribution in [0.4, 0.5) is 10.5 Å². The van der Waals surface area contributed by atoms with Crippen LogP contribution in [0.1, 0.15) is 56.9 Å². The number of carbonyl (C=O) groups is 2. The molecule has 0 aliphatic carbocycles. The molecule has 36 heavy (non-hydrogen) atoms. The Morgan fingerprint density at radius 3 is 2.44 bits per heavy atom. The number of phenols is 1. The summed E-state index contributed by atoms with van der Waals surface area (Å²) in [6.45, 7) is 8.24. The lowest BCUT2D eigenvalue weighted by Gasteiger charge is -2.28. The zero-order chi connectivity index (χ0) is 26.9. The highest BCUT2D eigenvalue weighted by atomic mass is 16.3. The third kappa shape index (κ3) is 9.14. The second-order valence-electron chi connectivity index (χ2n) is 9.96. The Hall–Kier alpha value is -3.14. The van der Waals surface area contributed by atoms with E-state index in [1.807, 2.05) is 52.0 Å². The number of benzene rings is 2. The maximum absolute atomic E-state index is 12.5. The zero-order valence-electron chi connectivity index (χ0n) is 21.5. The Bertz CT molecular complexity index is 1030. The Labute approximate surface area is 213 Å². The van der Waals surface area contributed by atoms with Gasteiger partial charge >= 0.3 is 6.03 Å². The molecule has 3 amide bonds. The number of anilines is 1. The topological polar surface area (TPSA) is 157 Å². The van der Waals surface area contributed by atoms with Crippen LogP contribution in [-0.2, 0) is 17.6 Å². The van der Waals surface area contributed by atoms with E-state index < -0.39 is 12.1 Å². The number of aliphatic hydroxyl groups is 2. The van der Waals surface area contributed by atoms with E-state index in [9.17, 15) is 24.9 Å². The van der Waals surface area contributed by atoms with Crippen molar-refractivity contribution in [2.75, 3.05) is 18.5 Å². The molecule has 2 aromatic rings. The zero-order valence-corrected chi connectivity index (χ0v) is 21.5. The minimum Gasteiger partial charge on any atom is -0.506 e. The fourth-order valence-electron chi connectivity index (χ4n) is 4.00. The number of nitrogens with one attached hydrogen (secondary N) is 3. The van der Waals surface area contributed by atoms with Crippen molar-refractivity contribution < 1.29 is 24.9 Å².